The number of hydrogen-bond donors (Lipinski definition) is 1. The highest BCUT2D eigenvalue weighted by Crippen LogP contribution is 2.25. The van der Waals surface area contributed by atoms with Crippen LogP contribution in [0.25, 0.3) is 11.6 Å². The van der Waals surface area contributed by atoms with Crippen molar-refractivity contribution in [2.75, 3.05) is 5.75 Å². The average molecular weight is 403 g/mol. The lowest BCUT2D eigenvalue weighted by atomic mass is 10.1. The number of hydrogen-bond acceptors (Lipinski definition) is 5. The van der Waals surface area contributed by atoms with Gasteiger partial charge in [0.1, 0.15) is 0 Å². The molecule has 1 N–H and O–H groups in total. The second-order valence-corrected chi connectivity index (χ2v) is 7.13. The van der Waals surface area contributed by atoms with E-state index in [4.69, 9.17) is 16.0 Å². The first-order valence-corrected chi connectivity index (χ1v) is 9.71. The number of rotatable bonds is 8. The number of carbonyl (C=O) groups excluding carboxylic acids is 1. The Kier molecular flexibility index (Phi) is 6.36. The van der Waals surface area contributed by atoms with Gasteiger partial charge in [0, 0.05) is 11.6 Å². The van der Waals surface area contributed by atoms with E-state index in [9.17, 15) is 4.79 Å². The maximum Gasteiger partial charge on any atom is 0.230 e. The molecule has 140 valence electrons. The van der Waals surface area contributed by atoms with Crippen molar-refractivity contribution in [1.29, 1.82) is 0 Å². The van der Waals surface area contributed by atoms with Gasteiger partial charge < -0.3 is 9.73 Å². The Labute approximate surface area is 166 Å². The molecule has 0 spiro atoms. The van der Waals surface area contributed by atoms with Crippen LogP contribution in [-0.4, -0.2) is 26.4 Å². The van der Waals surface area contributed by atoms with E-state index in [0.29, 0.717) is 28.3 Å². The molecule has 0 radical (unpaired) electrons. The summed E-state index contributed by atoms with van der Waals surface area (Å²) in [4.78, 5) is 12.3. The Balaban J connectivity index is 1.65. The number of allylic oxidation sites excluding steroid dienone is 1. The normalized spacial score (nSPS) is 11.9. The molecule has 0 saturated carbocycles. The number of benzene rings is 1. The summed E-state index contributed by atoms with van der Waals surface area (Å²) in [5.74, 6) is 1.32. The highest BCUT2D eigenvalue weighted by Gasteiger charge is 2.18. The van der Waals surface area contributed by atoms with E-state index in [1.165, 1.54) is 11.8 Å². The smallest absolute Gasteiger partial charge is 0.230 e. The Bertz CT molecular complexity index is 924. The predicted molar refractivity (Wildman–Crippen MR) is 107 cm³/mol. The standard InChI is InChI=1S/C19H19ClN4O2S/c1-3-10-24-18(16-9-6-11-26-16)22-23-19(24)27-12-17(25)21-13(2)14-7-4-5-8-15(14)20/h3-9,11,13H,1,10,12H2,2H3,(H,21,25). The van der Waals surface area contributed by atoms with Crippen LogP contribution in [0.15, 0.2) is 64.9 Å². The van der Waals surface area contributed by atoms with Gasteiger partial charge in [-0.3, -0.25) is 9.36 Å². The minimum absolute atomic E-state index is 0.111. The molecule has 3 aromatic rings. The van der Waals surface area contributed by atoms with Crippen LogP contribution in [0.4, 0.5) is 0 Å². The van der Waals surface area contributed by atoms with Crippen LogP contribution in [0, 0.1) is 0 Å². The number of nitrogens with one attached hydrogen (secondary N) is 1. The molecule has 6 nitrogen and oxygen atoms in total. The molecular formula is C19H19ClN4O2S. The second kappa shape index (κ2) is 8.92. The first kappa shape index (κ1) is 19.3. The number of nitrogens with zero attached hydrogens (tertiary/aromatic N) is 3. The first-order chi connectivity index (χ1) is 13.1. The molecule has 1 unspecified atom stereocenters. The Hall–Kier alpha value is -2.51. The predicted octanol–water partition coefficient (Wildman–Crippen LogP) is 4.35. The zero-order chi connectivity index (χ0) is 19.2. The van der Waals surface area contributed by atoms with Gasteiger partial charge in [0.25, 0.3) is 0 Å². The van der Waals surface area contributed by atoms with E-state index in [1.807, 2.05) is 41.8 Å². The lowest BCUT2D eigenvalue weighted by molar-refractivity contribution is -0.119. The molecule has 3 rings (SSSR count). The quantitative estimate of drug-likeness (QED) is 0.448. The van der Waals surface area contributed by atoms with Gasteiger partial charge in [-0.15, -0.1) is 16.8 Å². The van der Waals surface area contributed by atoms with Crippen molar-refractivity contribution in [2.24, 2.45) is 0 Å². The maximum absolute atomic E-state index is 12.3. The number of furan rings is 1. The fraction of sp³-hybridized carbons (Fsp3) is 0.211. The van der Waals surface area contributed by atoms with Gasteiger partial charge in [0.05, 0.1) is 18.1 Å². The summed E-state index contributed by atoms with van der Waals surface area (Å²) in [6.45, 7) is 6.19. The Morgan fingerprint density at radius 3 is 2.89 bits per heavy atom. The molecule has 8 heteroatoms. The van der Waals surface area contributed by atoms with Crippen molar-refractivity contribution in [2.45, 2.75) is 24.7 Å². The van der Waals surface area contributed by atoms with Crippen molar-refractivity contribution in [1.82, 2.24) is 20.1 Å². The van der Waals surface area contributed by atoms with Crippen molar-refractivity contribution >= 4 is 29.3 Å². The van der Waals surface area contributed by atoms with Crippen LogP contribution in [0.1, 0.15) is 18.5 Å². The topological polar surface area (TPSA) is 73.0 Å². The molecule has 1 atom stereocenters. The average Bonchev–Trinajstić information content (AvgIpc) is 3.30. The SMILES string of the molecule is C=CCn1c(SCC(=O)NC(C)c2ccccc2Cl)nnc1-c1ccco1. The van der Waals surface area contributed by atoms with Crippen LogP contribution in [-0.2, 0) is 11.3 Å². The summed E-state index contributed by atoms with van der Waals surface area (Å²) in [6.07, 6.45) is 3.33. The highest BCUT2D eigenvalue weighted by molar-refractivity contribution is 7.99. The highest BCUT2D eigenvalue weighted by atomic mass is 35.5. The van der Waals surface area contributed by atoms with Gasteiger partial charge in [0.2, 0.25) is 11.7 Å². The number of halogens is 1. The molecule has 0 aliphatic heterocycles. The lowest BCUT2D eigenvalue weighted by Gasteiger charge is -2.15. The molecule has 27 heavy (non-hydrogen) atoms. The molecule has 2 heterocycles. The van der Waals surface area contributed by atoms with Gasteiger partial charge in [-0.1, -0.05) is 47.6 Å². The minimum atomic E-state index is -0.184. The van der Waals surface area contributed by atoms with Crippen LogP contribution in [0.5, 0.6) is 0 Å². The van der Waals surface area contributed by atoms with Gasteiger partial charge in [0.15, 0.2) is 10.9 Å². The van der Waals surface area contributed by atoms with E-state index < -0.39 is 0 Å². The molecule has 0 aliphatic carbocycles. The van der Waals surface area contributed by atoms with E-state index >= 15 is 0 Å². The van der Waals surface area contributed by atoms with E-state index in [-0.39, 0.29) is 17.7 Å². The van der Waals surface area contributed by atoms with Crippen LogP contribution < -0.4 is 5.32 Å². The molecule has 0 aliphatic rings. The number of amides is 1. The monoisotopic (exact) mass is 402 g/mol. The van der Waals surface area contributed by atoms with Gasteiger partial charge >= 0.3 is 0 Å². The van der Waals surface area contributed by atoms with Gasteiger partial charge in [-0.2, -0.15) is 0 Å². The van der Waals surface area contributed by atoms with Gasteiger partial charge in [-0.25, -0.2) is 0 Å². The van der Waals surface area contributed by atoms with Crippen molar-refractivity contribution < 1.29 is 9.21 Å². The molecule has 1 amide bonds. The summed E-state index contributed by atoms with van der Waals surface area (Å²) < 4.78 is 7.26. The fourth-order valence-electron chi connectivity index (χ4n) is 2.59. The van der Waals surface area contributed by atoms with Crippen molar-refractivity contribution in [3.63, 3.8) is 0 Å². The molecule has 0 saturated heterocycles. The molecule has 2 aromatic heterocycles. The van der Waals surface area contributed by atoms with Gasteiger partial charge in [-0.05, 0) is 30.7 Å². The van der Waals surface area contributed by atoms with Crippen molar-refractivity contribution in [3.8, 4) is 11.6 Å². The molecule has 1 aromatic carbocycles. The fourth-order valence-corrected chi connectivity index (χ4v) is 3.65. The van der Waals surface area contributed by atoms with E-state index in [0.717, 1.165) is 5.56 Å². The Morgan fingerprint density at radius 2 is 2.19 bits per heavy atom. The van der Waals surface area contributed by atoms with Crippen LogP contribution in [0.2, 0.25) is 5.02 Å². The van der Waals surface area contributed by atoms with E-state index in [1.54, 1.807) is 18.4 Å². The minimum Gasteiger partial charge on any atom is -0.461 e. The summed E-state index contributed by atoms with van der Waals surface area (Å²) >= 11 is 7.50. The molecule has 0 fully saturated rings. The third kappa shape index (κ3) is 4.61. The van der Waals surface area contributed by atoms with Crippen molar-refractivity contribution in [3.05, 3.63) is 65.9 Å². The second-order valence-electron chi connectivity index (χ2n) is 5.78. The summed E-state index contributed by atoms with van der Waals surface area (Å²) in [7, 11) is 0. The number of carbonyl (C=O) groups is 1. The maximum atomic E-state index is 12.3. The largest absolute Gasteiger partial charge is 0.461 e. The summed E-state index contributed by atoms with van der Waals surface area (Å²) in [6, 6.07) is 10.9. The Morgan fingerprint density at radius 1 is 1.37 bits per heavy atom. The third-order valence-corrected chi connectivity index (χ3v) is 5.16. The van der Waals surface area contributed by atoms with Crippen LogP contribution in [0.3, 0.4) is 0 Å². The first-order valence-electron chi connectivity index (χ1n) is 8.34. The zero-order valence-electron chi connectivity index (χ0n) is 14.8. The molecular weight excluding hydrogens is 384 g/mol. The summed E-state index contributed by atoms with van der Waals surface area (Å²) in [5, 5.41) is 12.6. The number of aromatic nitrogens is 3. The van der Waals surface area contributed by atoms with Crippen LogP contribution >= 0.6 is 23.4 Å². The zero-order valence-corrected chi connectivity index (χ0v) is 16.3. The van der Waals surface area contributed by atoms with E-state index in [2.05, 4.69) is 22.1 Å². The summed E-state index contributed by atoms with van der Waals surface area (Å²) in [5.41, 5.74) is 0.882. The molecule has 0 bridgehead atoms. The number of thioether (sulfide) groups is 1. The third-order valence-electron chi connectivity index (χ3n) is 3.85. The lowest BCUT2D eigenvalue weighted by Crippen LogP contribution is -2.28.